The van der Waals surface area contributed by atoms with Crippen molar-refractivity contribution in [2.45, 2.75) is 6.04 Å². The third-order valence-electron chi connectivity index (χ3n) is 3.31. The van der Waals surface area contributed by atoms with E-state index in [1.54, 1.807) is 13.2 Å². The Kier molecular flexibility index (Phi) is 5.41. The predicted molar refractivity (Wildman–Crippen MR) is 89.4 cm³/mol. The Hall–Kier alpha value is -2.05. The summed E-state index contributed by atoms with van der Waals surface area (Å²) in [5.74, 6) is 1.60. The highest BCUT2D eigenvalue weighted by Gasteiger charge is 2.14. The van der Waals surface area contributed by atoms with E-state index < -0.39 is 0 Å². The number of halogens is 1. The second-order valence-electron chi connectivity index (χ2n) is 5.07. The lowest BCUT2D eigenvalue weighted by Crippen LogP contribution is -2.27. The molecule has 1 aromatic heterocycles. The molecule has 6 nitrogen and oxygen atoms in total. The highest BCUT2D eigenvalue weighted by atomic mass is 35.5. The second kappa shape index (κ2) is 7.29. The van der Waals surface area contributed by atoms with Crippen LogP contribution in [-0.2, 0) is 0 Å². The van der Waals surface area contributed by atoms with Crippen LogP contribution in [0, 0.1) is 0 Å². The molecule has 0 aliphatic carbocycles. The quantitative estimate of drug-likeness (QED) is 0.796. The van der Waals surface area contributed by atoms with Crippen LogP contribution in [0.15, 0.2) is 30.3 Å². The van der Waals surface area contributed by atoms with E-state index in [1.807, 2.05) is 38.4 Å². The van der Waals surface area contributed by atoms with Gasteiger partial charge in [0, 0.05) is 12.6 Å². The minimum Gasteiger partial charge on any atom is -0.497 e. The second-order valence-corrected chi connectivity index (χ2v) is 5.45. The Morgan fingerprint density at radius 2 is 1.95 bits per heavy atom. The Morgan fingerprint density at radius 1 is 1.27 bits per heavy atom. The average Bonchev–Trinajstić information content (AvgIpc) is 2.47. The summed E-state index contributed by atoms with van der Waals surface area (Å²) in [6, 6.07) is 9.81. The van der Waals surface area contributed by atoms with Crippen LogP contribution in [0.25, 0.3) is 0 Å². The summed E-state index contributed by atoms with van der Waals surface area (Å²) in [7, 11) is 5.71. The van der Waals surface area contributed by atoms with E-state index in [4.69, 9.17) is 22.1 Å². The van der Waals surface area contributed by atoms with E-state index in [9.17, 15) is 0 Å². The summed E-state index contributed by atoms with van der Waals surface area (Å²) >= 11 is 5.88. The Morgan fingerprint density at radius 3 is 2.50 bits per heavy atom. The zero-order valence-electron chi connectivity index (χ0n) is 12.9. The van der Waals surface area contributed by atoms with Gasteiger partial charge in [-0.25, -0.2) is 4.98 Å². The van der Waals surface area contributed by atoms with E-state index in [0.717, 1.165) is 5.75 Å². The number of anilines is 2. The number of methoxy groups -OCH3 is 1. The van der Waals surface area contributed by atoms with Crippen LogP contribution < -0.4 is 15.8 Å². The molecule has 0 aliphatic rings. The third kappa shape index (κ3) is 4.22. The number of likely N-dealkylation sites (N-methyl/N-ethyl adjacent to an activating group) is 1. The van der Waals surface area contributed by atoms with Crippen molar-refractivity contribution in [1.82, 2.24) is 14.9 Å². The van der Waals surface area contributed by atoms with Gasteiger partial charge in [-0.2, -0.15) is 4.98 Å². The lowest BCUT2D eigenvalue weighted by atomic mass is 10.1. The topological polar surface area (TPSA) is 76.3 Å². The number of nitrogens with zero attached hydrogens (tertiary/aromatic N) is 3. The van der Waals surface area contributed by atoms with Gasteiger partial charge in [-0.05, 0) is 31.8 Å². The van der Waals surface area contributed by atoms with Crippen LogP contribution >= 0.6 is 11.6 Å². The van der Waals surface area contributed by atoms with Crippen LogP contribution in [0.4, 0.5) is 11.8 Å². The molecule has 7 heteroatoms. The highest BCUT2D eigenvalue weighted by molar-refractivity contribution is 6.29. The van der Waals surface area contributed by atoms with Gasteiger partial charge in [0.15, 0.2) is 0 Å². The van der Waals surface area contributed by atoms with Crippen LogP contribution in [-0.4, -0.2) is 42.6 Å². The number of hydrogen-bond acceptors (Lipinski definition) is 6. The molecule has 1 heterocycles. The average molecular weight is 322 g/mol. The molecule has 22 heavy (non-hydrogen) atoms. The van der Waals surface area contributed by atoms with Crippen LogP contribution in [0.5, 0.6) is 5.75 Å². The first-order valence-electron chi connectivity index (χ1n) is 6.84. The fourth-order valence-electron chi connectivity index (χ4n) is 2.15. The SMILES string of the molecule is COc1ccc(C(CNc2cc(Cl)nc(N)n2)N(C)C)cc1. The van der Waals surface area contributed by atoms with Gasteiger partial charge in [-0.1, -0.05) is 23.7 Å². The van der Waals surface area contributed by atoms with Crippen molar-refractivity contribution in [2.24, 2.45) is 0 Å². The molecular weight excluding hydrogens is 302 g/mol. The summed E-state index contributed by atoms with van der Waals surface area (Å²) in [5, 5.41) is 3.57. The summed E-state index contributed by atoms with van der Waals surface area (Å²) < 4.78 is 5.19. The first-order chi connectivity index (χ1) is 10.5. The van der Waals surface area contributed by atoms with Crippen molar-refractivity contribution in [3.8, 4) is 5.75 Å². The van der Waals surface area contributed by atoms with Gasteiger partial charge in [0.25, 0.3) is 0 Å². The third-order valence-corrected chi connectivity index (χ3v) is 3.51. The molecule has 2 rings (SSSR count). The normalized spacial score (nSPS) is 12.2. The molecular formula is C15H20ClN5O. The zero-order chi connectivity index (χ0) is 16.1. The lowest BCUT2D eigenvalue weighted by molar-refractivity contribution is 0.311. The van der Waals surface area contributed by atoms with Crippen molar-refractivity contribution < 1.29 is 4.74 Å². The summed E-state index contributed by atoms with van der Waals surface area (Å²) in [4.78, 5) is 10.1. The Bertz CT molecular complexity index is 598. The predicted octanol–water partition coefficient (Wildman–Crippen LogP) is 2.44. The van der Waals surface area contributed by atoms with E-state index in [-0.39, 0.29) is 12.0 Å². The number of rotatable bonds is 6. The number of benzene rings is 1. The minimum atomic E-state index is 0.154. The molecule has 1 unspecified atom stereocenters. The molecule has 0 spiro atoms. The van der Waals surface area contributed by atoms with Crippen molar-refractivity contribution in [3.05, 3.63) is 41.0 Å². The molecule has 0 radical (unpaired) electrons. The smallest absolute Gasteiger partial charge is 0.223 e. The Balaban J connectivity index is 2.11. The van der Waals surface area contributed by atoms with Gasteiger partial charge in [0.2, 0.25) is 5.95 Å². The Labute approximate surface area is 135 Å². The number of nitrogen functional groups attached to an aromatic ring is 1. The number of aromatic nitrogens is 2. The van der Waals surface area contributed by atoms with Gasteiger partial charge in [0.1, 0.15) is 16.7 Å². The molecule has 3 N–H and O–H groups in total. The van der Waals surface area contributed by atoms with Crippen molar-refractivity contribution in [1.29, 1.82) is 0 Å². The zero-order valence-corrected chi connectivity index (χ0v) is 13.6. The van der Waals surface area contributed by atoms with E-state index in [1.165, 1.54) is 5.56 Å². The molecule has 0 saturated heterocycles. The minimum absolute atomic E-state index is 0.154. The molecule has 1 atom stereocenters. The molecule has 0 saturated carbocycles. The van der Waals surface area contributed by atoms with Gasteiger partial charge in [-0.3, -0.25) is 0 Å². The lowest BCUT2D eigenvalue weighted by Gasteiger charge is -2.25. The standard InChI is InChI=1S/C15H20ClN5O/c1-21(2)12(10-4-6-11(22-3)7-5-10)9-18-14-8-13(16)19-15(17)20-14/h4-8,12H,9H2,1-3H3,(H3,17,18,19,20). The number of ether oxygens (including phenoxy) is 1. The first kappa shape index (κ1) is 16.3. The van der Waals surface area contributed by atoms with Crippen LogP contribution in [0.1, 0.15) is 11.6 Å². The maximum Gasteiger partial charge on any atom is 0.223 e. The van der Waals surface area contributed by atoms with Crippen LogP contribution in [0.2, 0.25) is 5.15 Å². The maximum atomic E-state index is 5.88. The highest BCUT2D eigenvalue weighted by Crippen LogP contribution is 2.22. The van der Waals surface area contributed by atoms with Gasteiger partial charge in [0.05, 0.1) is 13.2 Å². The van der Waals surface area contributed by atoms with E-state index >= 15 is 0 Å². The molecule has 1 aromatic carbocycles. The number of hydrogen-bond donors (Lipinski definition) is 2. The summed E-state index contributed by atoms with van der Waals surface area (Å²) in [6.45, 7) is 0.659. The van der Waals surface area contributed by atoms with Gasteiger partial charge < -0.3 is 20.7 Å². The summed E-state index contributed by atoms with van der Waals surface area (Å²) in [6.07, 6.45) is 0. The summed E-state index contributed by atoms with van der Waals surface area (Å²) in [5.41, 5.74) is 6.77. The van der Waals surface area contributed by atoms with Gasteiger partial charge >= 0.3 is 0 Å². The number of nitrogens with two attached hydrogens (primary N) is 1. The monoisotopic (exact) mass is 321 g/mol. The van der Waals surface area contributed by atoms with Crippen molar-refractivity contribution in [3.63, 3.8) is 0 Å². The molecule has 0 aliphatic heterocycles. The van der Waals surface area contributed by atoms with Crippen LogP contribution in [0.3, 0.4) is 0 Å². The van der Waals surface area contributed by atoms with E-state index in [2.05, 4.69) is 20.2 Å². The van der Waals surface area contributed by atoms with E-state index in [0.29, 0.717) is 17.5 Å². The van der Waals surface area contributed by atoms with Crippen molar-refractivity contribution in [2.75, 3.05) is 38.8 Å². The fraction of sp³-hybridized carbons (Fsp3) is 0.333. The molecule has 2 aromatic rings. The molecule has 0 fully saturated rings. The van der Waals surface area contributed by atoms with Crippen molar-refractivity contribution >= 4 is 23.4 Å². The molecule has 0 amide bonds. The largest absolute Gasteiger partial charge is 0.497 e. The maximum absolute atomic E-state index is 5.88. The fourth-order valence-corrected chi connectivity index (χ4v) is 2.34. The number of nitrogens with one attached hydrogen (secondary N) is 1. The first-order valence-corrected chi connectivity index (χ1v) is 7.21. The van der Waals surface area contributed by atoms with Gasteiger partial charge in [-0.15, -0.1) is 0 Å². The molecule has 118 valence electrons. The molecule has 0 bridgehead atoms.